The predicted molar refractivity (Wildman–Crippen MR) is 55.1 cm³/mol. The number of esters is 1. The molecule has 0 spiro atoms. The average molecular weight is 206 g/mol. The topological polar surface area (TPSA) is 35.5 Å². The van der Waals surface area contributed by atoms with Crippen LogP contribution in [0.2, 0.25) is 0 Å². The largest absolute Gasteiger partial charge is 0.465 e. The van der Waals surface area contributed by atoms with Crippen LogP contribution < -0.4 is 0 Å². The Hall–Kier alpha value is -0.220. The van der Waals surface area contributed by atoms with Crippen LogP contribution in [0.1, 0.15) is 26.2 Å². The zero-order valence-electron chi connectivity index (χ0n) is 8.28. The molecule has 0 aliphatic heterocycles. The molecule has 4 heteroatoms. The van der Waals surface area contributed by atoms with Crippen molar-refractivity contribution in [2.24, 2.45) is 0 Å². The fourth-order valence-corrected chi connectivity index (χ4v) is 0.893. The minimum absolute atomic E-state index is 0.241. The normalized spacial score (nSPS) is 12.5. The number of ether oxygens (including phenoxy) is 2. The van der Waals surface area contributed by atoms with Gasteiger partial charge in [0.05, 0.1) is 11.9 Å². The first-order chi connectivity index (χ1) is 6.18. The number of methoxy groups -OCH3 is 1. The third kappa shape index (κ3) is 8.12. The summed E-state index contributed by atoms with van der Waals surface area (Å²) in [7, 11) is 1.68. The molecular weight excluding hydrogens is 188 g/mol. The number of rotatable bonds is 7. The molecule has 0 aromatic heterocycles. The van der Waals surface area contributed by atoms with Gasteiger partial charge in [-0.2, -0.15) is 12.6 Å². The number of thiol groups is 1. The second-order valence-corrected chi connectivity index (χ2v) is 3.67. The van der Waals surface area contributed by atoms with Crippen molar-refractivity contribution in [2.75, 3.05) is 20.3 Å². The first-order valence-corrected chi connectivity index (χ1v) is 5.03. The van der Waals surface area contributed by atoms with E-state index in [0.717, 1.165) is 25.9 Å². The van der Waals surface area contributed by atoms with Gasteiger partial charge in [-0.05, 0) is 26.2 Å². The van der Waals surface area contributed by atoms with E-state index in [2.05, 4.69) is 12.6 Å². The van der Waals surface area contributed by atoms with Crippen LogP contribution in [0.5, 0.6) is 0 Å². The number of carbonyl (C=O) groups is 1. The Morgan fingerprint density at radius 2 is 1.92 bits per heavy atom. The lowest BCUT2D eigenvalue weighted by Gasteiger charge is -2.05. The van der Waals surface area contributed by atoms with Crippen LogP contribution >= 0.6 is 12.6 Å². The number of unbranched alkanes of at least 4 members (excludes halogenated alkanes) is 2. The Bertz CT molecular complexity index is 137. The van der Waals surface area contributed by atoms with Crippen molar-refractivity contribution >= 4 is 18.6 Å². The average Bonchev–Trinajstić information content (AvgIpc) is 2.10. The van der Waals surface area contributed by atoms with Crippen LogP contribution in [-0.2, 0) is 14.3 Å². The summed E-state index contributed by atoms with van der Waals surface area (Å²) in [5.74, 6) is -0.241. The van der Waals surface area contributed by atoms with Crippen LogP contribution in [0.15, 0.2) is 0 Å². The Balaban J connectivity index is 3.12. The van der Waals surface area contributed by atoms with Crippen molar-refractivity contribution in [1.82, 2.24) is 0 Å². The molecule has 0 bridgehead atoms. The van der Waals surface area contributed by atoms with Crippen molar-refractivity contribution < 1.29 is 14.3 Å². The maximum absolute atomic E-state index is 10.9. The van der Waals surface area contributed by atoms with Gasteiger partial charge in [-0.3, -0.25) is 4.79 Å². The smallest absolute Gasteiger partial charge is 0.318 e. The lowest BCUT2D eigenvalue weighted by molar-refractivity contribution is -0.142. The Kier molecular flexibility index (Phi) is 8.24. The lowest BCUT2D eigenvalue weighted by Crippen LogP contribution is -2.15. The van der Waals surface area contributed by atoms with Crippen molar-refractivity contribution in [1.29, 1.82) is 0 Å². The maximum atomic E-state index is 10.9. The predicted octanol–water partition coefficient (Wildman–Crippen LogP) is 1.66. The van der Waals surface area contributed by atoms with Gasteiger partial charge in [-0.15, -0.1) is 0 Å². The van der Waals surface area contributed by atoms with Crippen LogP contribution in [0.4, 0.5) is 0 Å². The highest BCUT2D eigenvalue weighted by Crippen LogP contribution is 2.00. The fourth-order valence-electron chi connectivity index (χ4n) is 0.819. The van der Waals surface area contributed by atoms with E-state index in [1.165, 1.54) is 0 Å². The molecule has 13 heavy (non-hydrogen) atoms. The highest BCUT2D eigenvalue weighted by Gasteiger charge is 2.07. The molecule has 0 saturated heterocycles. The number of hydrogen-bond acceptors (Lipinski definition) is 4. The fraction of sp³-hybridized carbons (Fsp3) is 0.889. The Morgan fingerprint density at radius 1 is 1.31 bits per heavy atom. The molecule has 3 nitrogen and oxygen atoms in total. The van der Waals surface area contributed by atoms with Crippen LogP contribution in [0.25, 0.3) is 0 Å². The summed E-state index contributed by atoms with van der Waals surface area (Å²) in [6, 6.07) is 0. The summed E-state index contributed by atoms with van der Waals surface area (Å²) in [6.07, 6.45) is 2.95. The summed E-state index contributed by atoms with van der Waals surface area (Å²) in [6.45, 7) is 2.97. The van der Waals surface area contributed by atoms with Gasteiger partial charge in [0.25, 0.3) is 0 Å². The van der Waals surface area contributed by atoms with Crippen LogP contribution in [0.3, 0.4) is 0 Å². The molecule has 0 aliphatic rings. The van der Waals surface area contributed by atoms with E-state index in [4.69, 9.17) is 9.47 Å². The van der Waals surface area contributed by atoms with Crippen LogP contribution in [0, 0.1) is 0 Å². The molecular formula is C9H18O3S. The van der Waals surface area contributed by atoms with Gasteiger partial charge in [0.2, 0.25) is 0 Å². The number of hydrogen-bond donors (Lipinski definition) is 1. The number of carbonyl (C=O) groups excluding carboxylic acids is 1. The lowest BCUT2D eigenvalue weighted by atomic mass is 10.2. The molecule has 0 aromatic carbocycles. The van der Waals surface area contributed by atoms with Gasteiger partial charge < -0.3 is 9.47 Å². The second-order valence-electron chi connectivity index (χ2n) is 2.90. The van der Waals surface area contributed by atoms with Crippen molar-refractivity contribution in [2.45, 2.75) is 31.4 Å². The summed E-state index contributed by atoms with van der Waals surface area (Å²) in [5.41, 5.74) is 0. The minimum atomic E-state index is -0.320. The van der Waals surface area contributed by atoms with Crippen LogP contribution in [-0.4, -0.2) is 31.5 Å². The van der Waals surface area contributed by atoms with Gasteiger partial charge in [-0.1, -0.05) is 0 Å². The molecule has 0 saturated carbocycles. The molecule has 78 valence electrons. The zero-order valence-corrected chi connectivity index (χ0v) is 9.18. The SMILES string of the molecule is COCCCCCOC(=O)C(C)S. The molecule has 0 aromatic rings. The standard InChI is InChI=1S/C9H18O3S/c1-8(13)9(10)12-7-5-3-4-6-11-2/h8,13H,3-7H2,1-2H3. The quantitative estimate of drug-likeness (QED) is 0.391. The third-order valence-electron chi connectivity index (χ3n) is 1.58. The molecule has 1 unspecified atom stereocenters. The molecule has 0 fully saturated rings. The second kappa shape index (κ2) is 8.38. The van der Waals surface area contributed by atoms with Crippen molar-refractivity contribution in [3.63, 3.8) is 0 Å². The summed E-state index contributed by atoms with van der Waals surface area (Å²) in [5, 5.41) is -0.320. The molecule has 1 atom stereocenters. The molecule has 0 radical (unpaired) electrons. The van der Waals surface area contributed by atoms with E-state index in [-0.39, 0.29) is 11.2 Å². The van der Waals surface area contributed by atoms with E-state index in [9.17, 15) is 4.79 Å². The zero-order chi connectivity index (χ0) is 10.1. The monoisotopic (exact) mass is 206 g/mol. The summed E-state index contributed by atoms with van der Waals surface area (Å²) >= 11 is 3.96. The first kappa shape index (κ1) is 12.8. The highest BCUT2D eigenvalue weighted by atomic mass is 32.1. The first-order valence-electron chi connectivity index (χ1n) is 4.52. The van der Waals surface area contributed by atoms with Gasteiger partial charge in [0, 0.05) is 13.7 Å². The highest BCUT2D eigenvalue weighted by molar-refractivity contribution is 7.81. The van der Waals surface area contributed by atoms with Crippen molar-refractivity contribution in [3.05, 3.63) is 0 Å². The summed E-state index contributed by atoms with van der Waals surface area (Å²) < 4.78 is 9.82. The third-order valence-corrected chi connectivity index (χ3v) is 1.79. The van der Waals surface area contributed by atoms with Gasteiger partial charge >= 0.3 is 5.97 Å². The van der Waals surface area contributed by atoms with E-state index in [1.54, 1.807) is 14.0 Å². The molecule has 0 rings (SSSR count). The van der Waals surface area contributed by atoms with Gasteiger partial charge in [0.15, 0.2) is 0 Å². The molecule has 0 amide bonds. The van der Waals surface area contributed by atoms with Gasteiger partial charge in [-0.25, -0.2) is 0 Å². The Labute approximate surface area is 85.2 Å². The van der Waals surface area contributed by atoms with E-state index in [1.807, 2.05) is 0 Å². The minimum Gasteiger partial charge on any atom is -0.465 e. The van der Waals surface area contributed by atoms with E-state index >= 15 is 0 Å². The Morgan fingerprint density at radius 3 is 2.46 bits per heavy atom. The van der Waals surface area contributed by atoms with E-state index < -0.39 is 0 Å². The summed E-state index contributed by atoms with van der Waals surface area (Å²) in [4.78, 5) is 10.9. The molecule has 0 N–H and O–H groups in total. The molecule has 0 aliphatic carbocycles. The van der Waals surface area contributed by atoms with Crippen molar-refractivity contribution in [3.8, 4) is 0 Å². The van der Waals surface area contributed by atoms with Gasteiger partial charge in [0.1, 0.15) is 0 Å². The van der Waals surface area contributed by atoms with E-state index in [0.29, 0.717) is 6.61 Å². The molecule has 0 heterocycles. The maximum Gasteiger partial charge on any atom is 0.318 e.